The van der Waals surface area contributed by atoms with E-state index in [1.165, 1.54) is 16.2 Å². The molecule has 8 heteroatoms. The lowest BCUT2D eigenvalue weighted by atomic mass is 10.2. The molecular formula is C13H17N5OS2. The second-order valence-corrected chi connectivity index (χ2v) is 7.41. The highest BCUT2D eigenvalue weighted by atomic mass is 32.1. The quantitative estimate of drug-likeness (QED) is 0.899. The molecule has 0 fully saturated rings. The summed E-state index contributed by atoms with van der Waals surface area (Å²) in [5, 5.41) is 16.5. The first-order valence-corrected chi connectivity index (χ1v) is 8.56. The molecule has 0 unspecified atom stereocenters. The molecule has 1 aliphatic rings. The van der Waals surface area contributed by atoms with E-state index in [1.54, 1.807) is 11.3 Å². The maximum absolute atomic E-state index is 12.1. The number of thiazole rings is 1. The average Bonchev–Trinajstić information content (AvgIpc) is 3.04. The smallest absolute Gasteiger partial charge is 0.233 e. The van der Waals surface area contributed by atoms with Crippen molar-refractivity contribution >= 4 is 33.7 Å². The Morgan fingerprint density at radius 1 is 1.38 bits per heavy atom. The first-order chi connectivity index (χ1) is 10.1. The van der Waals surface area contributed by atoms with Crippen LogP contribution in [0, 0.1) is 0 Å². The minimum Gasteiger partial charge on any atom is -0.311 e. The van der Waals surface area contributed by atoms with Gasteiger partial charge >= 0.3 is 0 Å². The fourth-order valence-corrected chi connectivity index (χ4v) is 3.92. The van der Waals surface area contributed by atoms with Crippen molar-refractivity contribution < 1.29 is 4.79 Å². The number of nitrogens with zero attached hydrogens (tertiary/aromatic N) is 3. The van der Waals surface area contributed by atoms with Crippen molar-refractivity contribution in [1.82, 2.24) is 20.5 Å². The van der Waals surface area contributed by atoms with Crippen LogP contribution in [0.25, 0.3) is 0 Å². The zero-order valence-electron chi connectivity index (χ0n) is 12.0. The van der Waals surface area contributed by atoms with Gasteiger partial charge in [0.25, 0.3) is 0 Å². The van der Waals surface area contributed by atoms with Gasteiger partial charge in [-0.1, -0.05) is 25.2 Å². The van der Waals surface area contributed by atoms with Crippen LogP contribution >= 0.6 is 22.7 Å². The minimum absolute atomic E-state index is 0.0829. The van der Waals surface area contributed by atoms with Crippen molar-refractivity contribution in [3.63, 3.8) is 0 Å². The molecular weight excluding hydrogens is 306 g/mol. The molecule has 6 nitrogen and oxygen atoms in total. The topological polar surface area (TPSA) is 79.8 Å². The maximum atomic E-state index is 12.1. The molecule has 2 aromatic heterocycles. The van der Waals surface area contributed by atoms with Gasteiger partial charge in [0.1, 0.15) is 10.0 Å². The molecule has 3 heterocycles. The number of rotatable bonds is 4. The van der Waals surface area contributed by atoms with Crippen LogP contribution in [0.1, 0.15) is 40.4 Å². The molecule has 21 heavy (non-hydrogen) atoms. The van der Waals surface area contributed by atoms with Crippen LogP contribution in [-0.4, -0.2) is 27.6 Å². The minimum atomic E-state index is -0.0829. The summed E-state index contributed by atoms with van der Waals surface area (Å²) in [5.41, 5.74) is 1.14. The predicted octanol–water partition coefficient (Wildman–Crippen LogP) is 1.94. The zero-order chi connectivity index (χ0) is 14.8. The summed E-state index contributed by atoms with van der Waals surface area (Å²) in [5.74, 6) is 0.242. The molecule has 112 valence electrons. The van der Waals surface area contributed by atoms with Crippen molar-refractivity contribution in [3.05, 3.63) is 20.6 Å². The number of anilines is 1. The Morgan fingerprint density at radius 3 is 2.95 bits per heavy atom. The highest BCUT2D eigenvalue weighted by Crippen LogP contribution is 2.24. The molecule has 3 rings (SSSR count). The average molecular weight is 323 g/mol. The van der Waals surface area contributed by atoms with E-state index in [0.717, 1.165) is 35.2 Å². The molecule has 0 aromatic carbocycles. The van der Waals surface area contributed by atoms with Crippen molar-refractivity contribution in [1.29, 1.82) is 0 Å². The predicted molar refractivity (Wildman–Crippen MR) is 83.9 cm³/mol. The summed E-state index contributed by atoms with van der Waals surface area (Å²) in [6, 6.07) is 0. The van der Waals surface area contributed by atoms with E-state index in [-0.39, 0.29) is 5.91 Å². The fraction of sp³-hybridized carbons (Fsp3) is 0.538. The van der Waals surface area contributed by atoms with Gasteiger partial charge in [0.05, 0.1) is 12.1 Å². The zero-order valence-corrected chi connectivity index (χ0v) is 13.6. The van der Waals surface area contributed by atoms with Crippen molar-refractivity contribution in [2.45, 2.75) is 39.2 Å². The van der Waals surface area contributed by atoms with Gasteiger partial charge in [0.2, 0.25) is 11.0 Å². The molecule has 0 radical (unpaired) electrons. The lowest BCUT2D eigenvalue weighted by Crippen LogP contribution is -2.22. The molecule has 2 N–H and O–H groups in total. The molecule has 0 bridgehead atoms. The van der Waals surface area contributed by atoms with Crippen LogP contribution in [0.5, 0.6) is 0 Å². The maximum Gasteiger partial charge on any atom is 0.233 e. The Bertz CT molecular complexity index is 625. The molecule has 0 saturated carbocycles. The number of carbonyl (C=O) groups is 1. The highest BCUT2D eigenvalue weighted by molar-refractivity contribution is 7.15. The third kappa shape index (κ3) is 3.45. The van der Waals surface area contributed by atoms with E-state index in [0.29, 0.717) is 17.5 Å². The SMILES string of the molecule is CC(C)c1nnc(NC(=O)Cc2nc3c(s2)CNCC3)s1. The monoisotopic (exact) mass is 323 g/mol. The molecule has 1 aliphatic heterocycles. The Morgan fingerprint density at radius 2 is 2.24 bits per heavy atom. The van der Waals surface area contributed by atoms with Crippen molar-refractivity contribution in [3.8, 4) is 0 Å². The van der Waals surface area contributed by atoms with Crippen LogP contribution in [0.4, 0.5) is 5.13 Å². The third-order valence-electron chi connectivity index (χ3n) is 3.14. The number of carbonyl (C=O) groups excluding carboxylic acids is 1. The Labute approximate surface area is 131 Å². The molecule has 2 aromatic rings. The fourth-order valence-electron chi connectivity index (χ4n) is 2.07. The lowest BCUT2D eigenvalue weighted by molar-refractivity contribution is -0.115. The van der Waals surface area contributed by atoms with Gasteiger partial charge in [-0.25, -0.2) is 4.98 Å². The van der Waals surface area contributed by atoms with Gasteiger partial charge in [-0.15, -0.1) is 21.5 Å². The van der Waals surface area contributed by atoms with Gasteiger partial charge in [0, 0.05) is 30.3 Å². The van der Waals surface area contributed by atoms with Crippen LogP contribution in [0.2, 0.25) is 0 Å². The summed E-state index contributed by atoms with van der Waals surface area (Å²) >= 11 is 3.04. The number of nitrogens with one attached hydrogen (secondary N) is 2. The second kappa shape index (κ2) is 6.17. The van der Waals surface area contributed by atoms with Crippen LogP contribution < -0.4 is 10.6 Å². The van der Waals surface area contributed by atoms with E-state index in [2.05, 4.69) is 39.7 Å². The van der Waals surface area contributed by atoms with E-state index >= 15 is 0 Å². The number of amides is 1. The second-order valence-electron chi connectivity index (χ2n) is 5.23. The summed E-state index contributed by atoms with van der Waals surface area (Å²) < 4.78 is 0. The summed E-state index contributed by atoms with van der Waals surface area (Å²) in [6.45, 7) is 5.94. The largest absolute Gasteiger partial charge is 0.311 e. The van der Waals surface area contributed by atoms with E-state index in [9.17, 15) is 4.79 Å². The van der Waals surface area contributed by atoms with Gasteiger partial charge in [-0.05, 0) is 0 Å². The number of aromatic nitrogens is 3. The number of hydrogen-bond donors (Lipinski definition) is 2. The lowest BCUT2D eigenvalue weighted by Gasteiger charge is -2.09. The standard InChI is InChI=1S/C13H17N5OS2/c1-7(2)12-17-18-13(21-12)16-10(19)5-11-15-8-3-4-14-6-9(8)20-11/h7,14H,3-6H2,1-2H3,(H,16,18,19). The van der Waals surface area contributed by atoms with Gasteiger partial charge < -0.3 is 10.6 Å². The van der Waals surface area contributed by atoms with Crippen LogP contribution in [-0.2, 0) is 24.2 Å². The normalized spacial score (nSPS) is 14.2. The Kier molecular flexibility index (Phi) is 4.27. The number of hydrogen-bond acceptors (Lipinski definition) is 7. The van der Waals surface area contributed by atoms with Crippen LogP contribution in [0.15, 0.2) is 0 Å². The third-order valence-corrected chi connectivity index (χ3v) is 5.38. The Balaban J connectivity index is 1.62. The van der Waals surface area contributed by atoms with Crippen molar-refractivity contribution in [2.75, 3.05) is 11.9 Å². The van der Waals surface area contributed by atoms with Gasteiger partial charge in [-0.3, -0.25) is 4.79 Å². The van der Waals surface area contributed by atoms with Crippen molar-refractivity contribution in [2.24, 2.45) is 0 Å². The highest BCUT2D eigenvalue weighted by Gasteiger charge is 2.17. The molecule has 0 spiro atoms. The van der Waals surface area contributed by atoms with Gasteiger partial charge in [-0.2, -0.15) is 0 Å². The first-order valence-electron chi connectivity index (χ1n) is 6.93. The molecule has 1 amide bonds. The summed E-state index contributed by atoms with van der Waals surface area (Å²) in [6.07, 6.45) is 1.25. The summed E-state index contributed by atoms with van der Waals surface area (Å²) in [4.78, 5) is 17.9. The first kappa shape index (κ1) is 14.6. The summed E-state index contributed by atoms with van der Waals surface area (Å²) in [7, 11) is 0. The van der Waals surface area contributed by atoms with Gasteiger partial charge in [0.15, 0.2) is 0 Å². The Hall–Kier alpha value is -1.38. The van der Waals surface area contributed by atoms with Crippen LogP contribution in [0.3, 0.4) is 0 Å². The molecule has 0 aliphatic carbocycles. The van der Waals surface area contributed by atoms with E-state index in [1.807, 2.05) is 0 Å². The molecule has 0 saturated heterocycles. The molecule has 0 atom stereocenters. The van der Waals surface area contributed by atoms with E-state index in [4.69, 9.17) is 0 Å². The van der Waals surface area contributed by atoms with E-state index < -0.39 is 0 Å². The number of fused-ring (bicyclic) bond motifs is 1.